The third-order valence-corrected chi connectivity index (χ3v) is 4.10. The van der Waals surface area contributed by atoms with Crippen LogP contribution in [0.25, 0.3) is 0 Å². The van der Waals surface area contributed by atoms with Gasteiger partial charge in [0, 0.05) is 25.7 Å². The molecule has 1 aliphatic rings. The van der Waals surface area contributed by atoms with Crippen molar-refractivity contribution in [2.75, 3.05) is 33.9 Å². The van der Waals surface area contributed by atoms with Crippen molar-refractivity contribution < 1.29 is 17.9 Å². The summed E-state index contributed by atoms with van der Waals surface area (Å²) in [6, 6.07) is 0. The first-order valence-corrected chi connectivity index (χ1v) is 6.32. The van der Waals surface area contributed by atoms with Crippen LogP contribution in [0.1, 0.15) is 25.7 Å². The van der Waals surface area contributed by atoms with Crippen molar-refractivity contribution >= 4 is 0 Å². The zero-order valence-corrected chi connectivity index (χ0v) is 11.1. The highest BCUT2D eigenvalue weighted by Gasteiger charge is 2.48. The number of hydrogen-bond donors (Lipinski definition) is 1. The summed E-state index contributed by atoms with van der Waals surface area (Å²) in [4.78, 5) is 1.94. The Kier molecular flexibility index (Phi) is 5.43. The number of ether oxygens (including phenoxy) is 1. The number of hydrogen-bond acceptors (Lipinski definition) is 3. The highest BCUT2D eigenvalue weighted by molar-refractivity contribution is 4.97. The summed E-state index contributed by atoms with van der Waals surface area (Å²) in [5.41, 5.74) is 5.24. The molecule has 2 N–H and O–H groups in total. The van der Waals surface area contributed by atoms with E-state index in [1.54, 1.807) is 7.11 Å². The molecule has 6 heteroatoms. The molecule has 0 aromatic heterocycles. The second kappa shape index (κ2) is 6.21. The standard InChI is InChI=1S/C12H23F3N2O/c1-17(6-7-18-2)11(9-16)5-3-4-10(8-11)12(13,14)15/h10H,3-9,16H2,1-2H3. The minimum absolute atomic E-state index is 0.104. The smallest absolute Gasteiger partial charge is 0.383 e. The molecular weight excluding hydrogens is 245 g/mol. The maximum Gasteiger partial charge on any atom is 0.391 e. The van der Waals surface area contributed by atoms with Crippen LogP contribution >= 0.6 is 0 Å². The third-order valence-electron chi connectivity index (χ3n) is 4.10. The highest BCUT2D eigenvalue weighted by Crippen LogP contribution is 2.43. The van der Waals surface area contributed by atoms with Gasteiger partial charge in [-0.05, 0) is 26.3 Å². The summed E-state index contributed by atoms with van der Waals surface area (Å²) in [6.07, 6.45) is -2.46. The van der Waals surface area contributed by atoms with E-state index >= 15 is 0 Å². The van der Waals surface area contributed by atoms with Gasteiger partial charge >= 0.3 is 6.18 Å². The van der Waals surface area contributed by atoms with Gasteiger partial charge in [0.05, 0.1) is 12.5 Å². The van der Waals surface area contributed by atoms with Gasteiger partial charge in [-0.1, -0.05) is 6.42 Å². The second-order valence-electron chi connectivity index (χ2n) is 5.18. The van der Waals surface area contributed by atoms with Gasteiger partial charge in [0.15, 0.2) is 0 Å². The summed E-state index contributed by atoms with van der Waals surface area (Å²) in [6.45, 7) is 1.38. The zero-order chi connectivity index (χ0) is 13.8. The number of alkyl halides is 3. The van der Waals surface area contributed by atoms with E-state index in [0.29, 0.717) is 19.6 Å². The van der Waals surface area contributed by atoms with E-state index in [1.165, 1.54) is 0 Å². The number of nitrogens with zero attached hydrogens (tertiary/aromatic N) is 1. The third kappa shape index (κ3) is 3.59. The molecule has 1 rings (SSSR count). The number of likely N-dealkylation sites (N-methyl/N-ethyl adjacent to an activating group) is 1. The van der Waals surface area contributed by atoms with E-state index in [1.807, 2.05) is 11.9 Å². The molecule has 0 spiro atoms. The number of nitrogens with two attached hydrogens (primary N) is 1. The lowest BCUT2D eigenvalue weighted by Gasteiger charge is -2.47. The number of rotatable bonds is 5. The maximum absolute atomic E-state index is 12.9. The lowest BCUT2D eigenvalue weighted by atomic mass is 9.74. The minimum atomic E-state index is -4.11. The molecular formula is C12H23F3N2O. The highest BCUT2D eigenvalue weighted by atomic mass is 19.4. The fourth-order valence-electron chi connectivity index (χ4n) is 2.77. The zero-order valence-electron chi connectivity index (χ0n) is 11.1. The van der Waals surface area contributed by atoms with Crippen molar-refractivity contribution in [1.29, 1.82) is 0 Å². The maximum atomic E-state index is 12.9. The Balaban J connectivity index is 2.74. The fraction of sp³-hybridized carbons (Fsp3) is 1.00. The van der Waals surface area contributed by atoms with Gasteiger partial charge in [0.1, 0.15) is 0 Å². The molecule has 0 radical (unpaired) electrons. The summed E-state index contributed by atoms with van der Waals surface area (Å²) < 4.78 is 43.5. The fourth-order valence-corrected chi connectivity index (χ4v) is 2.77. The molecule has 2 atom stereocenters. The summed E-state index contributed by atoms with van der Waals surface area (Å²) in [7, 11) is 3.42. The molecule has 0 amide bonds. The first-order valence-electron chi connectivity index (χ1n) is 6.32. The molecule has 0 heterocycles. The van der Waals surface area contributed by atoms with Crippen molar-refractivity contribution in [3.05, 3.63) is 0 Å². The van der Waals surface area contributed by atoms with Crippen molar-refractivity contribution in [3.8, 4) is 0 Å². The molecule has 108 valence electrons. The van der Waals surface area contributed by atoms with Crippen LogP contribution in [0.3, 0.4) is 0 Å². The Morgan fingerprint density at radius 3 is 2.61 bits per heavy atom. The van der Waals surface area contributed by atoms with Gasteiger partial charge < -0.3 is 10.5 Å². The van der Waals surface area contributed by atoms with E-state index in [0.717, 1.165) is 6.42 Å². The van der Waals surface area contributed by atoms with Gasteiger partial charge in [-0.3, -0.25) is 4.90 Å². The van der Waals surface area contributed by atoms with Gasteiger partial charge in [-0.2, -0.15) is 13.2 Å². The van der Waals surface area contributed by atoms with E-state index in [2.05, 4.69) is 0 Å². The van der Waals surface area contributed by atoms with Crippen molar-refractivity contribution in [2.45, 2.75) is 37.4 Å². The molecule has 3 nitrogen and oxygen atoms in total. The Bertz CT molecular complexity index is 260. The molecule has 1 aliphatic carbocycles. The van der Waals surface area contributed by atoms with Crippen LogP contribution in [0.4, 0.5) is 13.2 Å². The number of methoxy groups -OCH3 is 1. The van der Waals surface area contributed by atoms with E-state index in [4.69, 9.17) is 10.5 Å². The van der Waals surface area contributed by atoms with E-state index < -0.39 is 17.6 Å². The summed E-state index contributed by atoms with van der Waals surface area (Å²) >= 11 is 0. The quantitative estimate of drug-likeness (QED) is 0.829. The first kappa shape index (κ1) is 15.7. The molecule has 0 saturated heterocycles. The molecule has 0 bridgehead atoms. The Labute approximate surface area is 106 Å². The van der Waals surface area contributed by atoms with Crippen LogP contribution in [-0.4, -0.2) is 50.5 Å². The molecule has 0 aromatic rings. The van der Waals surface area contributed by atoms with Gasteiger partial charge in [-0.25, -0.2) is 0 Å². The van der Waals surface area contributed by atoms with Crippen molar-refractivity contribution in [3.63, 3.8) is 0 Å². The Hall–Kier alpha value is -0.330. The largest absolute Gasteiger partial charge is 0.391 e. The molecule has 18 heavy (non-hydrogen) atoms. The van der Waals surface area contributed by atoms with Crippen LogP contribution in [0.2, 0.25) is 0 Å². The predicted molar refractivity (Wildman–Crippen MR) is 64.3 cm³/mol. The molecule has 2 unspecified atom stereocenters. The minimum Gasteiger partial charge on any atom is -0.383 e. The molecule has 0 aliphatic heterocycles. The Morgan fingerprint density at radius 1 is 1.44 bits per heavy atom. The van der Waals surface area contributed by atoms with E-state index in [-0.39, 0.29) is 19.4 Å². The molecule has 1 saturated carbocycles. The lowest BCUT2D eigenvalue weighted by molar-refractivity contribution is -0.193. The van der Waals surface area contributed by atoms with Crippen LogP contribution in [0, 0.1) is 5.92 Å². The monoisotopic (exact) mass is 268 g/mol. The lowest BCUT2D eigenvalue weighted by Crippen LogP contribution is -2.56. The van der Waals surface area contributed by atoms with Crippen LogP contribution < -0.4 is 5.73 Å². The van der Waals surface area contributed by atoms with Gasteiger partial charge in [0.25, 0.3) is 0 Å². The summed E-state index contributed by atoms with van der Waals surface area (Å²) in [5, 5.41) is 0. The SMILES string of the molecule is COCCN(C)C1(CN)CCCC(C(F)(F)F)C1. The first-order chi connectivity index (χ1) is 8.35. The summed E-state index contributed by atoms with van der Waals surface area (Å²) in [5.74, 6) is -1.22. The number of halogens is 3. The second-order valence-corrected chi connectivity index (χ2v) is 5.18. The van der Waals surface area contributed by atoms with E-state index in [9.17, 15) is 13.2 Å². The average Bonchev–Trinajstić information content (AvgIpc) is 2.34. The van der Waals surface area contributed by atoms with Crippen molar-refractivity contribution in [1.82, 2.24) is 4.90 Å². The average molecular weight is 268 g/mol. The normalized spacial score (nSPS) is 29.8. The van der Waals surface area contributed by atoms with Crippen LogP contribution in [0.5, 0.6) is 0 Å². The Morgan fingerprint density at radius 2 is 2.11 bits per heavy atom. The van der Waals surface area contributed by atoms with Gasteiger partial charge in [0.2, 0.25) is 0 Å². The molecule has 0 aromatic carbocycles. The van der Waals surface area contributed by atoms with Crippen LogP contribution in [-0.2, 0) is 4.74 Å². The van der Waals surface area contributed by atoms with Crippen molar-refractivity contribution in [2.24, 2.45) is 11.7 Å². The van der Waals surface area contributed by atoms with Crippen LogP contribution in [0.15, 0.2) is 0 Å². The predicted octanol–water partition coefficient (Wildman–Crippen LogP) is 2.01. The van der Waals surface area contributed by atoms with Gasteiger partial charge in [-0.15, -0.1) is 0 Å². The molecule has 1 fully saturated rings. The topological polar surface area (TPSA) is 38.5 Å².